The van der Waals surface area contributed by atoms with E-state index >= 15 is 0 Å². The van der Waals surface area contributed by atoms with Crippen molar-refractivity contribution in [2.45, 2.75) is 52.1 Å². The molecule has 4 atom stereocenters. The molecule has 1 aromatic rings. The highest BCUT2D eigenvalue weighted by Gasteiger charge is 2.61. The van der Waals surface area contributed by atoms with Crippen LogP contribution in [0.25, 0.3) is 0 Å². The SMILES string of the molecule is CN(C)c1cc(NC(=O)CNC(C)(C)C)c(O)c2c1C[C@H]1C[C@H]3[C@H](N(C)C)C(O)=C(C(N)=O)C(=O)[C@@]3(C)C(O)=C1C2=O. The van der Waals surface area contributed by atoms with Crippen LogP contribution in [0.15, 0.2) is 28.7 Å². The number of anilines is 2. The average Bonchev–Trinajstić information content (AvgIpc) is 2.85. The summed E-state index contributed by atoms with van der Waals surface area (Å²) < 4.78 is 0. The van der Waals surface area contributed by atoms with E-state index in [2.05, 4.69) is 10.6 Å². The molecule has 0 bridgehead atoms. The number of primary amides is 1. The average molecular weight is 584 g/mol. The Morgan fingerprint density at radius 3 is 2.26 bits per heavy atom. The molecule has 0 unspecified atom stereocenters. The fourth-order valence-corrected chi connectivity index (χ4v) is 6.63. The summed E-state index contributed by atoms with van der Waals surface area (Å²) in [7, 11) is 6.92. The van der Waals surface area contributed by atoms with Crippen molar-refractivity contribution in [3.05, 3.63) is 39.9 Å². The molecular formula is C30H41N5O7. The van der Waals surface area contributed by atoms with Gasteiger partial charge in [-0.15, -0.1) is 0 Å². The van der Waals surface area contributed by atoms with Gasteiger partial charge in [-0.1, -0.05) is 0 Å². The predicted molar refractivity (Wildman–Crippen MR) is 158 cm³/mol. The first-order chi connectivity index (χ1) is 19.3. The molecule has 0 fully saturated rings. The van der Waals surface area contributed by atoms with Gasteiger partial charge < -0.3 is 36.6 Å². The second-order valence-electron chi connectivity index (χ2n) is 13.1. The smallest absolute Gasteiger partial charge is 0.255 e. The van der Waals surface area contributed by atoms with Gasteiger partial charge in [0.2, 0.25) is 5.91 Å². The summed E-state index contributed by atoms with van der Waals surface area (Å²) in [5.41, 5.74) is 3.91. The van der Waals surface area contributed by atoms with Gasteiger partial charge in [0.1, 0.15) is 17.1 Å². The van der Waals surface area contributed by atoms with Crippen LogP contribution in [0.1, 0.15) is 50.0 Å². The number of rotatable bonds is 6. The van der Waals surface area contributed by atoms with Gasteiger partial charge in [-0.2, -0.15) is 0 Å². The fourth-order valence-electron chi connectivity index (χ4n) is 6.63. The first kappa shape index (κ1) is 31.0. The highest BCUT2D eigenvalue weighted by atomic mass is 16.3. The van der Waals surface area contributed by atoms with Gasteiger partial charge in [0.05, 0.1) is 29.3 Å². The van der Waals surface area contributed by atoms with Gasteiger partial charge in [0, 0.05) is 36.8 Å². The third kappa shape index (κ3) is 4.82. The molecule has 12 heteroatoms. The zero-order valence-corrected chi connectivity index (χ0v) is 25.4. The van der Waals surface area contributed by atoms with Gasteiger partial charge in [-0.05, 0) is 72.2 Å². The van der Waals surface area contributed by atoms with Crippen LogP contribution in [0, 0.1) is 17.3 Å². The van der Waals surface area contributed by atoms with Crippen LogP contribution in [-0.2, 0) is 20.8 Å². The minimum absolute atomic E-state index is 0.0310. The van der Waals surface area contributed by atoms with Crippen molar-refractivity contribution in [2.75, 3.05) is 45.0 Å². The lowest BCUT2D eigenvalue weighted by Gasteiger charge is -2.51. The number of likely N-dealkylation sites (N-methyl/N-ethyl adjacent to an activating group) is 1. The Morgan fingerprint density at radius 1 is 1.12 bits per heavy atom. The third-order valence-electron chi connectivity index (χ3n) is 8.70. The van der Waals surface area contributed by atoms with Crippen LogP contribution >= 0.6 is 0 Å². The van der Waals surface area contributed by atoms with Crippen molar-refractivity contribution in [3.63, 3.8) is 0 Å². The van der Waals surface area contributed by atoms with Gasteiger partial charge >= 0.3 is 0 Å². The molecular weight excluding hydrogens is 542 g/mol. The number of Topliss-reactive ketones (excluding diaryl/α,β-unsaturated/α-hetero) is 2. The number of nitrogens with zero attached hydrogens (tertiary/aromatic N) is 2. The number of phenolic OH excluding ortho intramolecular Hbond substituents is 1. The number of fused-ring (bicyclic) bond motifs is 3. The highest BCUT2D eigenvalue weighted by Crippen LogP contribution is 2.57. The molecule has 1 aromatic carbocycles. The van der Waals surface area contributed by atoms with Gasteiger partial charge in [-0.25, -0.2) is 0 Å². The van der Waals surface area contributed by atoms with E-state index in [-0.39, 0.29) is 41.7 Å². The van der Waals surface area contributed by atoms with Crippen LogP contribution in [0.5, 0.6) is 5.75 Å². The minimum atomic E-state index is -1.73. The lowest BCUT2D eigenvalue weighted by atomic mass is 9.54. The standard InChI is InChI=1S/C30H41N5O7/c1-29(2,3)32-12-18(36)33-16-11-17(34(5)6)14-9-13-10-15-22(35(7)8)25(39)21(28(31)42)27(41)30(15,4)26(40)19(13)24(38)20(14)23(16)37/h11,13,15,22,32,37,39-40H,9-10,12H2,1-8H3,(H2,31,42)(H,33,36)/t13-,15-,22-,30+/m0/s1. The van der Waals surface area contributed by atoms with Crippen molar-refractivity contribution in [2.24, 2.45) is 23.0 Å². The maximum atomic E-state index is 14.2. The largest absolute Gasteiger partial charge is 0.511 e. The van der Waals surface area contributed by atoms with Crippen LogP contribution in [-0.4, -0.2) is 89.9 Å². The number of amides is 2. The summed E-state index contributed by atoms with van der Waals surface area (Å²) in [6, 6.07) is 0.787. The Labute approximate surface area is 245 Å². The Balaban J connectivity index is 1.87. The molecule has 0 aromatic heterocycles. The Bertz CT molecular complexity index is 1450. The summed E-state index contributed by atoms with van der Waals surface area (Å²) in [4.78, 5) is 56.3. The predicted octanol–water partition coefficient (Wildman–Crippen LogP) is 1.79. The second kappa shape index (κ2) is 10.4. The topological polar surface area (TPSA) is 186 Å². The maximum absolute atomic E-state index is 14.2. The zero-order chi connectivity index (χ0) is 31.6. The van der Waals surface area contributed by atoms with Crippen molar-refractivity contribution in [3.8, 4) is 5.75 Å². The van der Waals surface area contributed by atoms with E-state index in [4.69, 9.17) is 5.73 Å². The van der Waals surface area contributed by atoms with Crippen molar-refractivity contribution >= 4 is 34.8 Å². The van der Waals surface area contributed by atoms with E-state index in [9.17, 15) is 34.5 Å². The highest BCUT2D eigenvalue weighted by molar-refractivity contribution is 6.23. The summed E-state index contributed by atoms with van der Waals surface area (Å²) in [6.45, 7) is 7.15. The number of carbonyl (C=O) groups is 4. The quantitative estimate of drug-likeness (QED) is 0.213. The summed E-state index contributed by atoms with van der Waals surface area (Å²) in [5.74, 6) is -5.70. The van der Waals surface area contributed by atoms with Crippen molar-refractivity contribution in [1.82, 2.24) is 10.2 Å². The summed E-state index contributed by atoms with van der Waals surface area (Å²) in [6.07, 6.45) is 0.478. The zero-order valence-electron chi connectivity index (χ0n) is 25.4. The third-order valence-corrected chi connectivity index (χ3v) is 8.70. The molecule has 7 N–H and O–H groups in total. The molecule has 3 aliphatic carbocycles. The van der Waals surface area contributed by atoms with E-state index in [1.165, 1.54) is 6.92 Å². The summed E-state index contributed by atoms with van der Waals surface area (Å²) in [5, 5.41) is 39.8. The first-order valence-electron chi connectivity index (χ1n) is 13.9. The Kier molecular flexibility index (Phi) is 7.71. The molecule has 0 aliphatic heterocycles. The Morgan fingerprint density at radius 2 is 1.74 bits per heavy atom. The van der Waals surface area contributed by atoms with Crippen molar-refractivity contribution in [1.29, 1.82) is 0 Å². The van der Waals surface area contributed by atoms with E-state index in [0.717, 1.165) is 0 Å². The number of benzene rings is 1. The number of allylic oxidation sites excluding steroid dienone is 2. The molecule has 12 nitrogen and oxygen atoms in total. The molecule has 3 aliphatic rings. The maximum Gasteiger partial charge on any atom is 0.255 e. The fraction of sp³-hybridized carbons (Fsp3) is 0.533. The number of nitrogens with one attached hydrogen (secondary N) is 2. The van der Waals surface area contributed by atoms with E-state index in [0.29, 0.717) is 11.3 Å². The number of hydrogen-bond donors (Lipinski definition) is 6. The molecule has 4 rings (SSSR count). The number of aromatic hydroxyl groups is 1. The molecule has 228 valence electrons. The van der Waals surface area contributed by atoms with Crippen LogP contribution in [0.4, 0.5) is 11.4 Å². The molecule has 42 heavy (non-hydrogen) atoms. The number of aliphatic hydroxyl groups excluding tert-OH is 2. The molecule has 0 saturated heterocycles. The van der Waals surface area contributed by atoms with Gasteiger partial charge in [0.15, 0.2) is 17.3 Å². The Hall–Kier alpha value is -3.90. The van der Waals surface area contributed by atoms with Gasteiger partial charge in [-0.3, -0.25) is 24.1 Å². The number of aliphatic hydroxyl groups is 2. The number of carbonyl (C=O) groups excluding carboxylic acids is 4. The second-order valence-corrected chi connectivity index (χ2v) is 13.1. The normalized spacial score (nSPS) is 25.7. The van der Waals surface area contributed by atoms with Crippen LogP contribution in [0.3, 0.4) is 0 Å². The molecule has 0 radical (unpaired) electrons. The van der Waals surface area contributed by atoms with E-state index < -0.39 is 69.5 Å². The van der Waals surface area contributed by atoms with Gasteiger partial charge in [0.25, 0.3) is 5.91 Å². The van der Waals surface area contributed by atoms with Crippen LogP contribution < -0.4 is 21.3 Å². The number of hydrogen-bond acceptors (Lipinski definition) is 10. The monoisotopic (exact) mass is 583 g/mol. The van der Waals surface area contributed by atoms with E-state index in [1.54, 1.807) is 44.1 Å². The molecule has 0 heterocycles. The number of ketones is 2. The lowest BCUT2D eigenvalue weighted by molar-refractivity contribution is -0.134. The molecule has 0 saturated carbocycles. The lowest BCUT2D eigenvalue weighted by Crippen LogP contribution is -2.58. The van der Waals surface area contributed by atoms with E-state index in [1.807, 2.05) is 20.8 Å². The van der Waals surface area contributed by atoms with Crippen molar-refractivity contribution < 1.29 is 34.5 Å². The summed E-state index contributed by atoms with van der Waals surface area (Å²) >= 11 is 0. The molecule has 0 spiro atoms. The molecule has 2 amide bonds. The number of phenols is 1. The first-order valence-corrected chi connectivity index (χ1v) is 13.9. The minimum Gasteiger partial charge on any atom is -0.511 e. The van der Waals surface area contributed by atoms with Crippen LogP contribution in [0.2, 0.25) is 0 Å². The number of nitrogens with two attached hydrogens (primary N) is 1.